The Balaban J connectivity index is 2.18. The molecule has 1 heterocycles. The van der Waals surface area contributed by atoms with Crippen molar-refractivity contribution in [2.75, 3.05) is 5.32 Å². The van der Waals surface area contributed by atoms with E-state index < -0.39 is 0 Å². The van der Waals surface area contributed by atoms with Crippen molar-refractivity contribution in [1.29, 1.82) is 0 Å². The second kappa shape index (κ2) is 4.79. The number of H-pyrrole nitrogens is 1. The van der Waals surface area contributed by atoms with Gasteiger partial charge in [0.25, 0.3) is 5.91 Å². The van der Waals surface area contributed by atoms with Gasteiger partial charge in [-0.2, -0.15) is 15.4 Å². The van der Waals surface area contributed by atoms with Crippen molar-refractivity contribution in [3.8, 4) is 0 Å². The second-order valence-corrected chi connectivity index (χ2v) is 4.59. The summed E-state index contributed by atoms with van der Waals surface area (Å²) in [6.07, 6.45) is 1.34. The van der Waals surface area contributed by atoms with Crippen LogP contribution in [0, 0.1) is 3.57 Å². The molecule has 5 nitrogen and oxygen atoms in total. The SMILES string of the molecule is O=C(Nc1ccc(I)cc1Cl)c1cn[nH]n1. The van der Waals surface area contributed by atoms with Crippen LogP contribution >= 0.6 is 34.2 Å². The summed E-state index contributed by atoms with van der Waals surface area (Å²) in [5.41, 5.74) is 0.768. The monoisotopic (exact) mass is 348 g/mol. The first-order valence-electron chi connectivity index (χ1n) is 4.29. The van der Waals surface area contributed by atoms with Crippen LogP contribution in [0.25, 0.3) is 0 Å². The standard InChI is InChI=1S/C9H6ClIN4O/c10-6-3-5(11)1-2-7(6)13-9(16)8-4-12-15-14-8/h1-4H,(H,13,16)(H,12,14,15). The lowest BCUT2D eigenvalue weighted by Crippen LogP contribution is -2.12. The normalized spacial score (nSPS) is 10.1. The molecule has 0 aliphatic carbocycles. The van der Waals surface area contributed by atoms with E-state index in [1.165, 1.54) is 6.20 Å². The summed E-state index contributed by atoms with van der Waals surface area (Å²) in [7, 11) is 0. The highest BCUT2D eigenvalue weighted by Crippen LogP contribution is 2.24. The fourth-order valence-electron chi connectivity index (χ4n) is 1.09. The van der Waals surface area contributed by atoms with Gasteiger partial charge in [0.2, 0.25) is 0 Å². The smallest absolute Gasteiger partial charge is 0.277 e. The van der Waals surface area contributed by atoms with Crippen molar-refractivity contribution in [3.05, 3.63) is 38.7 Å². The van der Waals surface area contributed by atoms with Crippen molar-refractivity contribution in [1.82, 2.24) is 15.4 Å². The minimum absolute atomic E-state index is 0.217. The number of benzene rings is 1. The molecule has 2 rings (SSSR count). The van der Waals surface area contributed by atoms with Gasteiger partial charge in [-0.15, -0.1) is 0 Å². The van der Waals surface area contributed by atoms with Crippen LogP contribution < -0.4 is 5.32 Å². The average molecular weight is 349 g/mol. The van der Waals surface area contributed by atoms with E-state index in [0.717, 1.165) is 3.57 Å². The summed E-state index contributed by atoms with van der Waals surface area (Å²) >= 11 is 8.11. The number of halogens is 2. The first-order valence-corrected chi connectivity index (χ1v) is 5.74. The van der Waals surface area contributed by atoms with Gasteiger partial charge in [0.15, 0.2) is 5.69 Å². The van der Waals surface area contributed by atoms with Crippen molar-refractivity contribution >= 4 is 45.8 Å². The Hall–Kier alpha value is -1.15. The van der Waals surface area contributed by atoms with Crippen LogP contribution in [0.15, 0.2) is 24.4 Å². The van der Waals surface area contributed by atoms with E-state index in [2.05, 4.69) is 43.3 Å². The van der Waals surface area contributed by atoms with E-state index in [1.54, 1.807) is 12.1 Å². The first kappa shape index (κ1) is 11.3. The fraction of sp³-hybridized carbons (Fsp3) is 0. The van der Waals surface area contributed by atoms with Crippen LogP contribution in [0.4, 0.5) is 5.69 Å². The second-order valence-electron chi connectivity index (χ2n) is 2.93. The summed E-state index contributed by atoms with van der Waals surface area (Å²) in [6.45, 7) is 0. The molecular weight excluding hydrogens is 342 g/mol. The molecule has 7 heteroatoms. The van der Waals surface area contributed by atoms with Gasteiger partial charge in [-0.3, -0.25) is 4.79 Å². The van der Waals surface area contributed by atoms with Crippen molar-refractivity contribution in [2.24, 2.45) is 0 Å². The molecule has 82 valence electrons. The summed E-state index contributed by atoms with van der Waals surface area (Å²) in [5.74, 6) is -0.350. The lowest BCUT2D eigenvalue weighted by atomic mass is 10.3. The Bertz CT molecular complexity index is 514. The minimum Gasteiger partial charge on any atom is -0.319 e. The molecule has 0 fully saturated rings. The van der Waals surface area contributed by atoms with Gasteiger partial charge < -0.3 is 5.32 Å². The number of aromatic nitrogens is 3. The molecule has 0 unspecified atom stereocenters. The predicted molar refractivity (Wildman–Crippen MR) is 68.5 cm³/mol. The van der Waals surface area contributed by atoms with Crippen molar-refractivity contribution < 1.29 is 4.79 Å². The predicted octanol–water partition coefficient (Wildman–Crippen LogP) is 2.31. The van der Waals surface area contributed by atoms with Gasteiger partial charge >= 0.3 is 0 Å². The maximum Gasteiger partial charge on any atom is 0.277 e. The molecule has 0 atom stereocenters. The lowest BCUT2D eigenvalue weighted by Gasteiger charge is -2.05. The molecule has 0 aliphatic heterocycles. The molecule has 2 N–H and O–H groups in total. The van der Waals surface area contributed by atoms with E-state index in [9.17, 15) is 4.79 Å². The highest BCUT2D eigenvalue weighted by molar-refractivity contribution is 14.1. The molecule has 0 saturated carbocycles. The highest BCUT2D eigenvalue weighted by Gasteiger charge is 2.10. The number of hydrogen-bond donors (Lipinski definition) is 2. The van der Waals surface area contributed by atoms with E-state index in [1.807, 2.05) is 6.07 Å². The van der Waals surface area contributed by atoms with Gasteiger partial charge in [-0.25, -0.2) is 0 Å². The first-order chi connectivity index (χ1) is 7.66. The Labute approximate surface area is 110 Å². The largest absolute Gasteiger partial charge is 0.319 e. The third-order valence-corrected chi connectivity index (χ3v) is 2.81. The number of aromatic amines is 1. The molecule has 1 aromatic heterocycles. The van der Waals surface area contributed by atoms with E-state index >= 15 is 0 Å². The average Bonchev–Trinajstić information content (AvgIpc) is 2.75. The summed E-state index contributed by atoms with van der Waals surface area (Å²) in [4.78, 5) is 11.6. The molecule has 2 aromatic rings. The van der Waals surface area contributed by atoms with Crippen LogP contribution in [0.5, 0.6) is 0 Å². The molecule has 0 spiro atoms. The molecule has 0 bridgehead atoms. The molecule has 16 heavy (non-hydrogen) atoms. The maximum atomic E-state index is 11.6. The van der Waals surface area contributed by atoms with Gasteiger partial charge in [-0.05, 0) is 40.8 Å². The summed E-state index contributed by atoms with van der Waals surface area (Å²) < 4.78 is 1.00. The van der Waals surface area contributed by atoms with Crippen LogP contribution in [0.2, 0.25) is 5.02 Å². The minimum atomic E-state index is -0.350. The van der Waals surface area contributed by atoms with Crippen LogP contribution in [-0.4, -0.2) is 21.3 Å². The van der Waals surface area contributed by atoms with E-state index in [0.29, 0.717) is 10.7 Å². The van der Waals surface area contributed by atoms with Crippen molar-refractivity contribution in [3.63, 3.8) is 0 Å². The number of carbonyl (C=O) groups is 1. The summed E-state index contributed by atoms with van der Waals surface area (Å²) in [5, 5.41) is 12.7. The Morgan fingerprint density at radius 3 is 2.94 bits per heavy atom. The topological polar surface area (TPSA) is 70.7 Å². The number of hydrogen-bond acceptors (Lipinski definition) is 3. The zero-order valence-corrected chi connectivity index (χ0v) is 10.8. The Kier molecular flexibility index (Phi) is 3.39. The third-order valence-electron chi connectivity index (χ3n) is 1.83. The molecule has 0 radical (unpaired) electrons. The molecule has 1 aromatic carbocycles. The zero-order chi connectivity index (χ0) is 11.5. The third kappa shape index (κ3) is 2.50. The number of nitrogens with one attached hydrogen (secondary N) is 2. The molecule has 1 amide bonds. The van der Waals surface area contributed by atoms with Crippen molar-refractivity contribution in [2.45, 2.75) is 0 Å². The Morgan fingerprint density at radius 1 is 1.50 bits per heavy atom. The molecule has 0 saturated heterocycles. The van der Waals surface area contributed by atoms with Crippen LogP contribution in [0.1, 0.15) is 10.5 Å². The molecule has 0 aliphatic rings. The number of amides is 1. The number of rotatable bonds is 2. The lowest BCUT2D eigenvalue weighted by molar-refractivity contribution is 0.102. The van der Waals surface area contributed by atoms with Gasteiger partial charge in [0, 0.05) is 3.57 Å². The van der Waals surface area contributed by atoms with Gasteiger partial charge in [-0.1, -0.05) is 11.6 Å². The quantitative estimate of drug-likeness (QED) is 0.818. The fourth-order valence-corrected chi connectivity index (χ4v) is 1.99. The molecular formula is C9H6ClIN4O. The Morgan fingerprint density at radius 2 is 2.31 bits per heavy atom. The van der Waals surface area contributed by atoms with E-state index in [-0.39, 0.29) is 11.6 Å². The van der Waals surface area contributed by atoms with Gasteiger partial charge in [0.1, 0.15) is 0 Å². The van der Waals surface area contributed by atoms with Crippen LogP contribution in [-0.2, 0) is 0 Å². The highest BCUT2D eigenvalue weighted by atomic mass is 127. The number of nitrogens with zero attached hydrogens (tertiary/aromatic N) is 2. The zero-order valence-electron chi connectivity index (χ0n) is 7.87. The maximum absolute atomic E-state index is 11.6. The number of carbonyl (C=O) groups excluding carboxylic acids is 1. The van der Waals surface area contributed by atoms with Gasteiger partial charge in [0.05, 0.1) is 16.9 Å². The van der Waals surface area contributed by atoms with E-state index in [4.69, 9.17) is 11.6 Å². The van der Waals surface area contributed by atoms with Crippen LogP contribution in [0.3, 0.4) is 0 Å². The summed E-state index contributed by atoms with van der Waals surface area (Å²) in [6, 6.07) is 5.35. The number of anilines is 1.